The smallest absolute Gasteiger partial charge is 0.139 e. The number of aliphatic hydroxyl groups is 1. The van der Waals surface area contributed by atoms with Crippen LogP contribution in [0.3, 0.4) is 0 Å². The molecule has 4 heteroatoms. The predicted octanol–water partition coefficient (Wildman–Crippen LogP) is 3.23. The quantitative estimate of drug-likeness (QED) is 0.852. The van der Waals surface area contributed by atoms with E-state index >= 15 is 0 Å². The predicted molar refractivity (Wildman–Crippen MR) is 69.8 cm³/mol. The van der Waals surface area contributed by atoms with Crippen molar-refractivity contribution >= 4 is 15.9 Å². The summed E-state index contributed by atoms with van der Waals surface area (Å²) in [5, 5.41) is 10.2. The van der Waals surface area contributed by atoms with Gasteiger partial charge in [0.15, 0.2) is 0 Å². The Balaban J connectivity index is 2.65. The summed E-state index contributed by atoms with van der Waals surface area (Å²) < 4.78 is 11.6. The van der Waals surface area contributed by atoms with Crippen LogP contribution >= 0.6 is 15.9 Å². The van der Waals surface area contributed by atoms with E-state index in [9.17, 15) is 5.11 Å². The van der Waals surface area contributed by atoms with Gasteiger partial charge in [-0.3, -0.25) is 0 Å². The van der Waals surface area contributed by atoms with Crippen molar-refractivity contribution in [2.24, 2.45) is 0 Å². The first-order valence-corrected chi connectivity index (χ1v) is 6.59. The molecule has 1 aliphatic rings. The number of methoxy groups -OCH3 is 2. The summed E-state index contributed by atoms with van der Waals surface area (Å²) in [6.07, 6.45) is 3.35. The molecule has 0 amide bonds. The third kappa shape index (κ3) is 2.29. The van der Waals surface area contributed by atoms with Gasteiger partial charge in [-0.2, -0.15) is 0 Å². The molecule has 1 aliphatic carbocycles. The number of hydrogen-bond acceptors (Lipinski definition) is 3. The molecule has 0 saturated carbocycles. The summed E-state index contributed by atoms with van der Waals surface area (Å²) in [4.78, 5) is 0. The monoisotopic (exact) mass is 300 g/mol. The lowest BCUT2D eigenvalue weighted by atomic mass is 9.98. The molecule has 0 spiro atoms. The fourth-order valence-corrected chi connectivity index (χ4v) is 3.03. The van der Waals surface area contributed by atoms with Gasteiger partial charge in [-0.15, -0.1) is 0 Å². The van der Waals surface area contributed by atoms with Crippen LogP contribution in [0.5, 0.6) is 11.5 Å². The van der Waals surface area contributed by atoms with Crippen LogP contribution in [0.1, 0.15) is 36.5 Å². The molecule has 0 unspecified atom stereocenters. The number of benzene rings is 1. The normalized spacial score (nSPS) is 19.4. The van der Waals surface area contributed by atoms with E-state index in [4.69, 9.17) is 9.47 Å². The molecular weight excluding hydrogens is 284 g/mol. The number of ether oxygens (including phenoxy) is 2. The summed E-state index contributed by atoms with van der Waals surface area (Å²) in [6.45, 7) is 0. The Labute approximate surface area is 110 Å². The zero-order valence-corrected chi connectivity index (χ0v) is 11.7. The van der Waals surface area contributed by atoms with Gasteiger partial charge in [0, 0.05) is 11.1 Å². The van der Waals surface area contributed by atoms with Crippen LogP contribution in [0, 0.1) is 0 Å². The molecule has 0 aliphatic heterocycles. The van der Waals surface area contributed by atoms with E-state index in [1.54, 1.807) is 14.2 Å². The topological polar surface area (TPSA) is 38.7 Å². The Hall–Kier alpha value is -0.740. The van der Waals surface area contributed by atoms with Crippen molar-refractivity contribution in [3.05, 3.63) is 21.7 Å². The molecule has 0 heterocycles. The molecule has 1 aromatic carbocycles. The van der Waals surface area contributed by atoms with Gasteiger partial charge in [-0.25, -0.2) is 0 Å². The maximum Gasteiger partial charge on any atom is 0.139 e. The van der Waals surface area contributed by atoms with Crippen LogP contribution in [-0.2, 0) is 6.42 Å². The Bertz CT molecular complexity index is 418. The van der Waals surface area contributed by atoms with E-state index in [0.29, 0.717) is 0 Å². The summed E-state index contributed by atoms with van der Waals surface area (Å²) in [5.41, 5.74) is 1.97. The van der Waals surface area contributed by atoms with E-state index in [1.807, 2.05) is 6.07 Å². The number of halogens is 1. The highest BCUT2D eigenvalue weighted by Gasteiger charge is 2.25. The molecular formula is C13H17BrO3. The van der Waals surface area contributed by atoms with Gasteiger partial charge >= 0.3 is 0 Å². The lowest BCUT2D eigenvalue weighted by Gasteiger charge is -2.20. The molecule has 1 N–H and O–H groups in total. The zero-order chi connectivity index (χ0) is 12.4. The average Bonchev–Trinajstić information content (AvgIpc) is 2.51. The third-order valence-corrected chi connectivity index (χ3v) is 3.84. The Morgan fingerprint density at radius 3 is 2.71 bits per heavy atom. The van der Waals surface area contributed by atoms with Crippen LogP contribution in [0.4, 0.5) is 0 Å². The molecule has 0 radical (unpaired) electrons. The van der Waals surface area contributed by atoms with Crippen LogP contribution in [0.2, 0.25) is 0 Å². The SMILES string of the molecule is COc1cc(Br)c(OC)c2c1CCCC[C@H]2O. The number of hydrogen-bond donors (Lipinski definition) is 1. The van der Waals surface area contributed by atoms with E-state index < -0.39 is 6.10 Å². The highest BCUT2D eigenvalue weighted by Crippen LogP contribution is 2.44. The minimum atomic E-state index is -0.464. The van der Waals surface area contributed by atoms with Gasteiger partial charge in [0.05, 0.1) is 24.8 Å². The van der Waals surface area contributed by atoms with Gasteiger partial charge in [-0.05, 0) is 41.3 Å². The fourth-order valence-electron chi connectivity index (χ4n) is 2.45. The highest BCUT2D eigenvalue weighted by molar-refractivity contribution is 9.10. The molecule has 0 saturated heterocycles. The molecule has 0 aromatic heterocycles. The van der Waals surface area contributed by atoms with Crippen LogP contribution < -0.4 is 9.47 Å². The highest BCUT2D eigenvalue weighted by atomic mass is 79.9. The third-order valence-electron chi connectivity index (χ3n) is 3.25. The van der Waals surface area contributed by atoms with Crippen molar-refractivity contribution in [2.45, 2.75) is 31.8 Å². The fraction of sp³-hybridized carbons (Fsp3) is 0.538. The molecule has 2 rings (SSSR count). The summed E-state index contributed by atoms with van der Waals surface area (Å²) >= 11 is 3.46. The second-order valence-corrected chi connectivity index (χ2v) is 5.10. The maximum atomic E-state index is 10.2. The maximum absolute atomic E-state index is 10.2. The molecule has 1 atom stereocenters. The summed E-state index contributed by atoms with van der Waals surface area (Å²) in [7, 11) is 3.29. The van der Waals surface area contributed by atoms with Crippen LogP contribution in [-0.4, -0.2) is 19.3 Å². The molecule has 94 valence electrons. The molecule has 17 heavy (non-hydrogen) atoms. The molecule has 1 aromatic rings. The van der Waals surface area contributed by atoms with E-state index in [2.05, 4.69) is 15.9 Å². The first kappa shape index (κ1) is 12.7. The number of fused-ring (bicyclic) bond motifs is 1. The van der Waals surface area contributed by atoms with Crippen molar-refractivity contribution < 1.29 is 14.6 Å². The molecule has 0 fully saturated rings. The van der Waals surface area contributed by atoms with E-state index in [0.717, 1.165) is 52.8 Å². The van der Waals surface area contributed by atoms with Crippen molar-refractivity contribution in [2.75, 3.05) is 14.2 Å². The van der Waals surface area contributed by atoms with Crippen LogP contribution in [0.15, 0.2) is 10.5 Å². The van der Waals surface area contributed by atoms with Gasteiger partial charge in [0.1, 0.15) is 11.5 Å². The van der Waals surface area contributed by atoms with Gasteiger partial charge < -0.3 is 14.6 Å². The Morgan fingerprint density at radius 1 is 1.29 bits per heavy atom. The summed E-state index contributed by atoms with van der Waals surface area (Å²) in [6, 6.07) is 1.91. The Morgan fingerprint density at radius 2 is 2.06 bits per heavy atom. The largest absolute Gasteiger partial charge is 0.496 e. The first-order valence-electron chi connectivity index (χ1n) is 5.80. The lowest BCUT2D eigenvalue weighted by Crippen LogP contribution is -2.05. The standard InChI is InChI=1S/C13H17BrO3/c1-16-11-7-9(14)13(17-2)12-8(11)5-3-4-6-10(12)15/h7,10,15H,3-6H2,1-2H3/t10-/m1/s1. The zero-order valence-electron chi connectivity index (χ0n) is 10.1. The van der Waals surface area contributed by atoms with E-state index in [-0.39, 0.29) is 0 Å². The van der Waals surface area contributed by atoms with Crippen molar-refractivity contribution in [1.82, 2.24) is 0 Å². The first-order chi connectivity index (χ1) is 8.19. The van der Waals surface area contributed by atoms with Crippen molar-refractivity contribution in [1.29, 1.82) is 0 Å². The minimum Gasteiger partial charge on any atom is -0.496 e. The number of aliphatic hydroxyl groups excluding tert-OH is 1. The average molecular weight is 301 g/mol. The molecule has 0 bridgehead atoms. The van der Waals surface area contributed by atoms with Gasteiger partial charge in [0.2, 0.25) is 0 Å². The molecule has 3 nitrogen and oxygen atoms in total. The van der Waals surface area contributed by atoms with Gasteiger partial charge in [-0.1, -0.05) is 6.42 Å². The number of rotatable bonds is 2. The Kier molecular flexibility index (Phi) is 3.94. The summed E-state index contributed by atoms with van der Waals surface area (Å²) in [5.74, 6) is 1.56. The van der Waals surface area contributed by atoms with E-state index in [1.165, 1.54) is 0 Å². The van der Waals surface area contributed by atoms with Crippen molar-refractivity contribution in [3.63, 3.8) is 0 Å². The second kappa shape index (κ2) is 5.27. The van der Waals surface area contributed by atoms with Crippen molar-refractivity contribution in [3.8, 4) is 11.5 Å². The van der Waals surface area contributed by atoms with Gasteiger partial charge in [0.25, 0.3) is 0 Å². The second-order valence-electron chi connectivity index (χ2n) is 4.25. The lowest BCUT2D eigenvalue weighted by molar-refractivity contribution is 0.162. The van der Waals surface area contributed by atoms with Crippen LogP contribution in [0.25, 0.3) is 0 Å². The minimum absolute atomic E-state index is 0.464.